The van der Waals surface area contributed by atoms with E-state index in [4.69, 9.17) is 9.84 Å². The number of hydrogen-bond acceptors (Lipinski definition) is 3. The van der Waals surface area contributed by atoms with Crippen LogP contribution in [0, 0.1) is 11.8 Å². The predicted octanol–water partition coefficient (Wildman–Crippen LogP) is 5.59. The first-order chi connectivity index (χ1) is 11.5. The van der Waals surface area contributed by atoms with Crippen LogP contribution in [0.4, 0.5) is 0 Å². The number of carboxylic acid groups (broad SMARTS) is 1. The molecule has 1 N–H and O–H groups in total. The maximum atomic E-state index is 11.8. The van der Waals surface area contributed by atoms with Crippen LogP contribution in [-0.4, -0.2) is 23.7 Å². The molecule has 4 heteroatoms. The van der Waals surface area contributed by atoms with Gasteiger partial charge in [-0.1, -0.05) is 72.1 Å². The maximum absolute atomic E-state index is 11.8. The van der Waals surface area contributed by atoms with Crippen molar-refractivity contribution in [2.45, 2.75) is 97.8 Å². The van der Waals surface area contributed by atoms with Gasteiger partial charge in [0, 0.05) is 12.3 Å². The zero-order valence-electron chi connectivity index (χ0n) is 16.0. The average Bonchev–Trinajstić information content (AvgIpc) is 2.51. The fourth-order valence-corrected chi connectivity index (χ4v) is 3.15. The number of esters is 1. The topological polar surface area (TPSA) is 63.6 Å². The van der Waals surface area contributed by atoms with Gasteiger partial charge in [0.25, 0.3) is 0 Å². The lowest BCUT2D eigenvalue weighted by Gasteiger charge is -2.19. The minimum Gasteiger partial charge on any atom is -0.481 e. The van der Waals surface area contributed by atoms with Gasteiger partial charge < -0.3 is 9.84 Å². The monoisotopic (exact) mass is 342 g/mol. The molecular formula is C20H38O4. The van der Waals surface area contributed by atoms with Crippen LogP contribution in [0.2, 0.25) is 0 Å². The zero-order valence-corrected chi connectivity index (χ0v) is 16.0. The molecule has 0 aromatic heterocycles. The highest BCUT2D eigenvalue weighted by atomic mass is 16.5. The number of rotatable bonds is 16. The van der Waals surface area contributed by atoms with Crippen molar-refractivity contribution in [3.05, 3.63) is 0 Å². The second-order valence-corrected chi connectivity index (χ2v) is 7.15. The van der Waals surface area contributed by atoms with E-state index >= 15 is 0 Å². The van der Waals surface area contributed by atoms with E-state index in [-0.39, 0.29) is 24.9 Å². The number of aliphatic carboxylic acids is 1. The third-order valence-electron chi connectivity index (χ3n) is 4.44. The summed E-state index contributed by atoms with van der Waals surface area (Å²) in [5, 5.41) is 9.01. The van der Waals surface area contributed by atoms with Gasteiger partial charge in [0.15, 0.2) is 0 Å². The van der Waals surface area contributed by atoms with Gasteiger partial charge in [0.1, 0.15) is 0 Å². The Morgan fingerprint density at radius 3 is 2.17 bits per heavy atom. The van der Waals surface area contributed by atoms with Crippen molar-refractivity contribution in [1.82, 2.24) is 0 Å². The van der Waals surface area contributed by atoms with Crippen molar-refractivity contribution in [2.75, 3.05) is 6.61 Å². The van der Waals surface area contributed by atoms with Gasteiger partial charge in [0.2, 0.25) is 0 Å². The van der Waals surface area contributed by atoms with E-state index in [0.29, 0.717) is 12.3 Å². The fourth-order valence-electron chi connectivity index (χ4n) is 3.15. The molecule has 2 atom stereocenters. The lowest BCUT2D eigenvalue weighted by molar-refractivity contribution is -0.148. The Kier molecular flexibility index (Phi) is 14.8. The predicted molar refractivity (Wildman–Crippen MR) is 98.0 cm³/mol. The van der Waals surface area contributed by atoms with Crippen LogP contribution in [0.3, 0.4) is 0 Å². The molecule has 2 unspecified atom stereocenters. The molecule has 0 aliphatic carbocycles. The standard InChI is InChI=1S/C20H38O4/c1-4-6-7-8-9-10-11-13-20(23)24-16-18(15-19(21)22)14-17(3)12-5-2/h17-18H,4-16H2,1-3H3,(H,21,22). The van der Waals surface area contributed by atoms with Crippen molar-refractivity contribution in [2.24, 2.45) is 11.8 Å². The molecule has 0 saturated heterocycles. The van der Waals surface area contributed by atoms with E-state index < -0.39 is 5.97 Å². The number of unbranched alkanes of at least 4 members (excludes halogenated alkanes) is 6. The zero-order chi connectivity index (χ0) is 18.2. The molecule has 0 amide bonds. The van der Waals surface area contributed by atoms with Crippen molar-refractivity contribution >= 4 is 11.9 Å². The molecular weight excluding hydrogens is 304 g/mol. The summed E-state index contributed by atoms with van der Waals surface area (Å²) in [5.74, 6) is -0.586. The number of carbonyl (C=O) groups excluding carboxylic acids is 1. The van der Waals surface area contributed by atoms with Gasteiger partial charge in [-0.2, -0.15) is 0 Å². The maximum Gasteiger partial charge on any atom is 0.305 e. The molecule has 0 heterocycles. The first-order valence-electron chi connectivity index (χ1n) is 9.86. The van der Waals surface area contributed by atoms with Gasteiger partial charge in [-0.25, -0.2) is 0 Å². The molecule has 4 nitrogen and oxygen atoms in total. The third kappa shape index (κ3) is 14.5. The second-order valence-electron chi connectivity index (χ2n) is 7.15. The summed E-state index contributed by atoms with van der Waals surface area (Å²) in [7, 11) is 0. The smallest absolute Gasteiger partial charge is 0.305 e. The third-order valence-corrected chi connectivity index (χ3v) is 4.44. The lowest BCUT2D eigenvalue weighted by Crippen LogP contribution is -2.19. The number of carbonyl (C=O) groups is 2. The summed E-state index contributed by atoms with van der Waals surface area (Å²) in [6, 6.07) is 0. The Balaban J connectivity index is 3.89. The molecule has 0 aliphatic rings. The van der Waals surface area contributed by atoms with E-state index in [1.807, 2.05) is 0 Å². The lowest BCUT2D eigenvalue weighted by atomic mass is 9.91. The first-order valence-corrected chi connectivity index (χ1v) is 9.86. The van der Waals surface area contributed by atoms with Gasteiger partial charge >= 0.3 is 11.9 Å². The van der Waals surface area contributed by atoms with Crippen LogP contribution in [-0.2, 0) is 14.3 Å². The van der Waals surface area contributed by atoms with Crippen LogP contribution in [0.5, 0.6) is 0 Å². The van der Waals surface area contributed by atoms with E-state index in [1.165, 1.54) is 32.1 Å². The van der Waals surface area contributed by atoms with Gasteiger partial charge in [0.05, 0.1) is 13.0 Å². The Labute approximate surface area is 148 Å². The molecule has 142 valence electrons. The highest BCUT2D eigenvalue weighted by molar-refractivity contribution is 5.69. The van der Waals surface area contributed by atoms with E-state index in [2.05, 4.69) is 20.8 Å². The number of hydrogen-bond donors (Lipinski definition) is 1. The average molecular weight is 343 g/mol. The second kappa shape index (κ2) is 15.5. The molecule has 24 heavy (non-hydrogen) atoms. The van der Waals surface area contributed by atoms with E-state index in [9.17, 15) is 9.59 Å². The fraction of sp³-hybridized carbons (Fsp3) is 0.900. The number of ether oxygens (including phenoxy) is 1. The molecule has 0 rings (SSSR count). The Morgan fingerprint density at radius 2 is 1.58 bits per heavy atom. The SMILES string of the molecule is CCCCCCCCCC(=O)OCC(CC(=O)O)CC(C)CCC. The Bertz CT molecular complexity index is 328. The van der Waals surface area contributed by atoms with E-state index in [0.717, 1.165) is 32.1 Å². The molecule has 0 aliphatic heterocycles. The minimum absolute atomic E-state index is 0.0676. The largest absolute Gasteiger partial charge is 0.481 e. The summed E-state index contributed by atoms with van der Waals surface area (Å²) in [6.07, 6.45) is 11.7. The molecule has 0 radical (unpaired) electrons. The van der Waals surface area contributed by atoms with Crippen molar-refractivity contribution in [3.63, 3.8) is 0 Å². The van der Waals surface area contributed by atoms with Crippen molar-refractivity contribution < 1.29 is 19.4 Å². The highest BCUT2D eigenvalue weighted by Crippen LogP contribution is 2.20. The molecule has 0 saturated carbocycles. The van der Waals surface area contributed by atoms with Crippen molar-refractivity contribution in [3.8, 4) is 0 Å². The van der Waals surface area contributed by atoms with E-state index in [1.54, 1.807) is 0 Å². The van der Waals surface area contributed by atoms with Crippen LogP contribution in [0.25, 0.3) is 0 Å². The normalized spacial score (nSPS) is 13.5. The van der Waals surface area contributed by atoms with Crippen molar-refractivity contribution in [1.29, 1.82) is 0 Å². The number of carboxylic acids is 1. The summed E-state index contributed by atoms with van der Waals surface area (Å²) < 4.78 is 5.33. The van der Waals surface area contributed by atoms with Crippen LogP contribution in [0.15, 0.2) is 0 Å². The van der Waals surface area contributed by atoms with Gasteiger partial charge in [-0.3, -0.25) is 9.59 Å². The summed E-state index contributed by atoms with van der Waals surface area (Å²) in [6.45, 7) is 6.72. The van der Waals surface area contributed by atoms with Crippen LogP contribution in [0.1, 0.15) is 97.8 Å². The summed E-state index contributed by atoms with van der Waals surface area (Å²) in [5.41, 5.74) is 0. The molecule has 0 aromatic rings. The highest BCUT2D eigenvalue weighted by Gasteiger charge is 2.18. The molecule has 0 aromatic carbocycles. The van der Waals surface area contributed by atoms with Gasteiger partial charge in [-0.15, -0.1) is 0 Å². The van der Waals surface area contributed by atoms with Crippen LogP contribution >= 0.6 is 0 Å². The van der Waals surface area contributed by atoms with Crippen LogP contribution < -0.4 is 0 Å². The molecule has 0 fully saturated rings. The summed E-state index contributed by atoms with van der Waals surface area (Å²) >= 11 is 0. The quantitative estimate of drug-likeness (QED) is 0.293. The first kappa shape index (κ1) is 22.9. The minimum atomic E-state index is -0.813. The summed E-state index contributed by atoms with van der Waals surface area (Å²) in [4.78, 5) is 22.8. The molecule has 0 bridgehead atoms. The Hall–Kier alpha value is -1.06. The Morgan fingerprint density at radius 1 is 0.958 bits per heavy atom. The molecule has 0 spiro atoms. The van der Waals surface area contributed by atoms with Gasteiger partial charge in [-0.05, 0) is 18.8 Å².